The summed E-state index contributed by atoms with van der Waals surface area (Å²) >= 11 is 3.39. The maximum Gasteiger partial charge on any atom is 0.156 e. The van der Waals surface area contributed by atoms with Crippen LogP contribution in [-0.4, -0.2) is 0 Å². The van der Waals surface area contributed by atoms with E-state index in [-0.39, 0.29) is 0 Å². The number of nitrogens with two attached hydrogens (primary N) is 1. The van der Waals surface area contributed by atoms with E-state index in [0.717, 1.165) is 10.0 Å². The highest BCUT2D eigenvalue weighted by molar-refractivity contribution is 9.10. The van der Waals surface area contributed by atoms with E-state index in [9.17, 15) is 8.78 Å². The van der Waals surface area contributed by atoms with E-state index < -0.39 is 17.3 Å². The lowest BCUT2D eigenvalue weighted by Crippen LogP contribution is -1.98. The van der Waals surface area contributed by atoms with Crippen LogP contribution in [0.15, 0.2) is 34.8 Å². The summed E-state index contributed by atoms with van der Waals surface area (Å²) in [6, 6.07) is 8.03. The minimum absolute atomic E-state index is 0.291. The van der Waals surface area contributed by atoms with E-state index in [4.69, 9.17) is 5.73 Å². The molecule has 0 aliphatic heterocycles. The number of nitrogen functional groups attached to an aromatic ring is 1. The zero-order valence-electron chi connectivity index (χ0n) is 9.10. The van der Waals surface area contributed by atoms with Crippen LogP contribution < -0.4 is 5.73 Å². The second-order valence-corrected chi connectivity index (χ2v) is 4.55. The summed E-state index contributed by atoms with van der Waals surface area (Å²) in [5, 5.41) is 0. The van der Waals surface area contributed by atoms with Gasteiger partial charge in [0, 0.05) is 10.0 Å². The van der Waals surface area contributed by atoms with Gasteiger partial charge in [0.25, 0.3) is 0 Å². The number of rotatable bonds is 1. The monoisotopic (exact) mass is 297 g/mol. The quantitative estimate of drug-likeness (QED) is 0.781. The first-order valence-corrected chi connectivity index (χ1v) is 5.80. The molecule has 0 heterocycles. The third-order valence-corrected chi connectivity index (χ3v) is 3.66. The van der Waals surface area contributed by atoms with Gasteiger partial charge in [-0.3, -0.25) is 0 Å². The minimum Gasteiger partial charge on any atom is -0.394 e. The first kappa shape index (κ1) is 12.0. The molecule has 17 heavy (non-hydrogen) atoms. The average Bonchev–Trinajstić information content (AvgIpc) is 2.31. The molecule has 0 bridgehead atoms. The fourth-order valence-corrected chi connectivity index (χ4v) is 2.11. The third-order valence-electron chi connectivity index (χ3n) is 2.61. The summed E-state index contributed by atoms with van der Waals surface area (Å²) in [6.45, 7) is 1.90. The summed E-state index contributed by atoms with van der Waals surface area (Å²) in [5.74, 6) is -1.47. The molecule has 0 saturated carbocycles. The second-order valence-electron chi connectivity index (χ2n) is 3.76. The van der Waals surface area contributed by atoms with Crippen molar-refractivity contribution >= 4 is 21.6 Å². The molecule has 0 fully saturated rings. The molecule has 0 aromatic heterocycles. The minimum atomic E-state index is -0.741. The molecule has 2 aromatic carbocycles. The Balaban J connectivity index is 2.69. The maximum atomic E-state index is 13.9. The van der Waals surface area contributed by atoms with Gasteiger partial charge in [0.1, 0.15) is 11.5 Å². The number of hydrogen-bond acceptors (Lipinski definition) is 1. The molecule has 0 aliphatic carbocycles. The van der Waals surface area contributed by atoms with Crippen molar-refractivity contribution in [2.45, 2.75) is 6.92 Å². The first-order valence-electron chi connectivity index (χ1n) is 5.01. The van der Waals surface area contributed by atoms with Gasteiger partial charge in [0.2, 0.25) is 0 Å². The zero-order valence-corrected chi connectivity index (χ0v) is 10.7. The molecule has 0 amide bonds. The van der Waals surface area contributed by atoms with Crippen molar-refractivity contribution < 1.29 is 8.78 Å². The van der Waals surface area contributed by atoms with E-state index in [1.165, 1.54) is 12.1 Å². The summed E-state index contributed by atoms with van der Waals surface area (Å²) in [6.07, 6.45) is 0. The Hall–Kier alpha value is -1.42. The van der Waals surface area contributed by atoms with E-state index in [1.807, 2.05) is 19.1 Å². The summed E-state index contributed by atoms with van der Waals surface area (Å²) in [5.41, 5.74) is 6.82. The second kappa shape index (κ2) is 4.45. The molecule has 0 radical (unpaired) electrons. The van der Waals surface area contributed by atoms with Gasteiger partial charge in [-0.15, -0.1) is 0 Å². The van der Waals surface area contributed by atoms with Crippen molar-refractivity contribution in [1.29, 1.82) is 0 Å². The fraction of sp³-hybridized carbons (Fsp3) is 0.0769. The molecule has 0 unspecified atom stereocenters. The van der Waals surface area contributed by atoms with E-state index >= 15 is 0 Å². The number of halogens is 3. The largest absolute Gasteiger partial charge is 0.394 e. The first-order chi connectivity index (χ1) is 8.02. The van der Waals surface area contributed by atoms with Gasteiger partial charge >= 0.3 is 0 Å². The van der Waals surface area contributed by atoms with Crippen LogP contribution >= 0.6 is 15.9 Å². The van der Waals surface area contributed by atoms with Crippen LogP contribution in [0.25, 0.3) is 11.1 Å². The van der Waals surface area contributed by atoms with Gasteiger partial charge in [-0.05, 0) is 46.1 Å². The van der Waals surface area contributed by atoms with Crippen LogP contribution in [0.4, 0.5) is 14.5 Å². The van der Waals surface area contributed by atoms with Crippen LogP contribution in [0.3, 0.4) is 0 Å². The molecule has 0 atom stereocenters. The number of benzene rings is 2. The Bertz CT molecular complexity index is 582. The van der Waals surface area contributed by atoms with Gasteiger partial charge in [-0.25, -0.2) is 8.78 Å². The van der Waals surface area contributed by atoms with Crippen LogP contribution in [0, 0.1) is 18.6 Å². The molecular weight excluding hydrogens is 288 g/mol. The fourth-order valence-electron chi connectivity index (χ4n) is 1.63. The van der Waals surface area contributed by atoms with Crippen molar-refractivity contribution in [1.82, 2.24) is 0 Å². The van der Waals surface area contributed by atoms with Crippen molar-refractivity contribution in [2.24, 2.45) is 0 Å². The summed E-state index contributed by atoms with van der Waals surface area (Å²) in [4.78, 5) is 0. The Morgan fingerprint density at radius 3 is 2.47 bits per heavy atom. The SMILES string of the molecule is Cc1cccc(-c2ccc(F)c(N)c2F)c1Br. The summed E-state index contributed by atoms with van der Waals surface area (Å²) in [7, 11) is 0. The Labute approximate surface area is 106 Å². The van der Waals surface area contributed by atoms with E-state index in [1.54, 1.807) is 6.07 Å². The van der Waals surface area contributed by atoms with Crippen LogP contribution in [0.1, 0.15) is 5.56 Å². The highest BCUT2D eigenvalue weighted by atomic mass is 79.9. The van der Waals surface area contributed by atoms with E-state index in [0.29, 0.717) is 11.1 Å². The Kier molecular flexibility index (Phi) is 3.15. The number of hydrogen-bond donors (Lipinski definition) is 1. The molecule has 1 nitrogen and oxygen atoms in total. The smallest absolute Gasteiger partial charge is 0.156 e. The lowest BCUT2D eigenvalue weighted by Gasteiger charge is -2.10. The predicted molar refractivity (Wildman–Crippen MR) is 68.6 cm³/mol. The molecule has 2 N–H and O–H groups in total. The molecule has 88 valence electrons. The molecule has 0 aliphatic rings. The normalized spacial score (nSPS) is 10.6. The van der Waals surface area contributed by atoms with Crippen molar-refractivity contribution in [3.63, 3.8) is 0 Å². The van der Waals surface area contributed by atoms with Gasteiger partial charge in [0.15, 0.2) is 5.82 Å². The molecule has 0 saturated heterocycles. The van der Waals surface area contributed by atoms with Crippen LogP contribution in [0.5, 0.6) is 0 Å². The molecule has 2 rings (SSSR count). The Morgan fingerprint density at radius 2 is 1.76 bits per heavy atom. The van der Waals surface area contributed by atoms with Crippen molar-refractivity contribution in [3.05, 3.63) is 52.0 Å². The molecular formula is C13H10BrF2N. The van der Waals surface area contributed by atoms with E-state index in [2.05, 4.69) is 15.9 Å². The lowest BCUT2D eigenvalue weighted by molar-refractivity contribution is 0.594. The molecule has 4 heteroatoms. The summed E-state index contributed by atoms with van der Waals surface area (Å²) < 4.78 is 27.7. The van der Waals surface area contributed by atoms with Gasteiger partial charge < -0.3 is 5.73 Å². The lowest BCUT2D eigenvalue weighted by atomic mass is 10.0. The predicted octanol–water partition coefficient (Wildman–Crippen LogP) is 4.28. The van der Waals surface area contributed by atoms with Crippen LogP contribution in [-0.2, 0) is 0 Å². The Morgan fingerprint density at radius 1 is 1.06 bits per heavy atom. The van der Waals surface area contributed by atoms with Gasteiger partial charge in [-0.1, -0.05) is 18.2 Å². The van der Waals surface area contributed by atoms with Crippen LogP contribution in [0.2, 0.25) is 0 Å². The van der Waals surface area contributed by atoms with Crippen molar-refractivity contribution in [3.8, 4) is 11.1 Å². The standard InChI is InChI=1S/C13H10BrF2N/c1-7-3-2-4-8(11(7)14)9-5-6-10(15)13(17)12(9)16/h2-6H,17H2,1H3. The molecule has 0 spiro atoms. The topological polar surface area (TPSA) is 26.0 Å². The highest BCUT2D eigenvalue weighted by Crippen LogP contribution is 2.34. The van der Waals surface area contributed by atoms with Gasteiger partial charge in [0.05, 0.1) is 0 Å². The number of aryl methyl sites for hydroxylation is 1. The number of anilines is 1. The highest BCUT2D eigenvalue weighted by Gasteiger charge is 2.14. The van der Waals surface area contributed by atoms with Crippen molar-refractivity contribution in [2.75, 3.05) is 5.73 Å². The van der Waals surface area contributed by atoms with Gasteiger partial charge in [-0.2, -0.15) is 0 Å². The molecule has 2 aromatic rings. The third kappa shape index (κ3) is 2.05. The maximum absolute atomic E-state index is 13.9. The average molecular weight is 298 g/mol. The zero-order chi connectivity index (χ0) is 12.6.